The molecule has 1 unspecified atom stereocenters. The lowest BCUT2D eigenvalue weighted by molar-refractivity contribution is -0.138. The second kappa shape index (κ2) is 16.6. The van der Waals surface area contributed by atoms with Crippen LogP contribution in [0.3, 0.4) is 0 Å². The Morgan fingerprint density at radius 2 is 1.80 bits per heavy atom. The van der Waals surface area contributed by atoms with Gasteiger partial charge in [-0.1, -0.05) is 36.4 Å². The molecule has 0 bridgehead atoms. The Bertz CT molecular complexity index is 1360. The summed E-state index contributed by atoms with van der Waals surface area (Å²) in [5.74, 6) is -0.141. The molecular formula is C37H51N3O5. The molecule has 244 valence electrons. The molecular weight excluding hydrogens is 566 g/mol. The maximum Gasteiger partial charge on any atom is 0.336 e. The number of hydrogen-bond donors (Lipinski definition) is 2. The summed E-state index contributed by atoms with van der Waals surface area (Å²) in [4.78, 5) is 29.7. The summed E-state index contributed by atoms with van der Waals surface area (Å²) in [6.07, 6.45) is 4.28. The molecule has 2 aliphatic heterocycles. The molecule has 1 saturated heterocycles. The summed E-state index contributed by atoms with van der Waals surface area (Å²) >= 11 is 0. The topological polar surface area (TPSA) is 89.1 Å². The van der Waals surface area contributed by atoms with Crippen LogP contribution in [-0.4, -0.2) is 68.9 Å². The number of piperidine rings is 1. The number of nitrogens with zero attached hydrogens (tertiary/aromatic N) is 1. The van der Waals surface area contributed by atoms with Gasteiger partial charge in [0.05, 0.1) is 18.8 Å². The van der Waals surface area contributed by atoms with E-state index < -0.39 is 0 Å². The van der Waals surface area contributed by atoms with E-state index in [2.05, 4.69) is 43.5 Å². The molecule has 45 heavy (non-hydrogen) atoms. The van der Waals surface area contributed by atoms with Gasteiger partial charge in [-0.3, -0.25) is 4.79 Å². The standard InChI is InChI=1S/C37H51N3O5/c1-7-44-37(42)34-27(5)39-26(4)31(18-16-28-13-9-8-10-14-28)35(34)32-19-17-29(23-33(32)45-22-12-21-43-6)36(41)40(25(2)3)30-15-11-20-38-24-30/h8-10,13-14,17,19,23,25,30,35,38-39H,7,11-12,15-16,18,20-22,24H2,1-6H3/t30-,35?/m1/s1. The highest BCUT2D eigenvalue weighted by atomic mass is 16.5. The zero-order valence-electron chi connectivity index (χ0n) is 27.9. The fraction of sp³-hybridized carbons (Fsp3) is 0.514. The van der Waals surface area contributed by atoms with Crippen molar-refractivity contribution in [3.63, 3.8) is 0 Å². The third-order valence-corrected chi connectivity index (χ3v) is 8.70. The van der Waals surface area contributed by atoms with Gasteiger partial charge in [0.15, 0.2) is 0 Å². The normalized spacial score (nSPS) is 18.6. The molecule has 2 N–H and O–H groups in total. The summed E-state index contributed by atoms with van der Waals surface area (Å²) in [5, 5.41) is 6.91. The van der Waals surface area contributed by atoms with Gasteiger partial charge in [0.2, 0.25) is 0 Å². The van der Waals surface area contributed by atoms with E-state index in [0.717, 1.165) is 61.3 Å². The Labute approximate surface area is 269 Å². The van der Waals surface area contributed by atoms with Crippen LogP contribution in [0.5, 0.6) is 5.75 Å². The average molecular weight is 618 g/mol. The number of methoxy groups -OCH3 is 1. The van der Waals surface area contributed by atoms with E-state index >= 15 is 0 Å². The molecule has 0 aliphatic carbocycles. The lowest BCUT2D eigenvalue weighted by atomic mass is 9.77. The minimum Gasteiger partial charge on any atom is -0.493 e. The molecule has 8 heteroatoms. The van der Waals surface area contributed by atoms with Gasteiger partial charge in [-0.2, -0.15) is 0 Å². The number of amides is 1. The van der Waals surface area contributed by atoms with Crippen LogP contribution in [0.25, 0.3) is 0 Å². The quantitative estimate of drug-likeness (QED) is 0.195. The van der Waals surface area contributed by atoms with Crippen molar-refractivity contribution in [3.8, 4) is 5.75 Å². The number of ether oxygens (including phenoxy) is 3. The Morgan fingerprint density at radius 1 is 1.02 bits per heavy atom. The average Bonchev–Trinajstić information content (AvgIpc) is 3.03. The van der Waals surface area contributed by atoms with Crippen LogP contribution in [-0.2, 0) is 20.7 Å². The van der Waals surface area contributed by atoms with Gasteiger partial charge in [-0.25, -0.2) is 4.79 Å². The predicted octanol–water partition coefficient (Wildman–Crippen LogP) is 6.14. The van der Waals surface area contributed by atoms with Crippen molar-refractivity contribution < 1.29 is 23.8 Å². The summed E-state index contributed by atoms with van der Waals surface area (Å²) in [6, 6.07) is 16.3. The van der Waals surface area contributed by atoms with Gasteiger partial charge in [0, 0.05) is 67.2 Å². The van der Waals surface area contributed by atoms with E-state index in [9.17, 15) is 9.59 Å². The highest BCUT2D eigenvalue weighted by molar-refractivity contribution is 5.96. The predicted molar refractivity (Wildman–Crippen MR) is 178 cm³/mol. The van der Waals surface area contributed by atoms with Crippen molar-refractivity contribution >= 4 is 11.9 Å². The van der Waals surface area contributed by atoms with Crippen molar-refractivity contribution in [1.82, 2.24) is 15.5 Å². The van der Waals surface area contributed by atoms with E-state index in [4.69, 9.17) is 14.2 Å². The number of benzene rings is 2. The first-order valence-electron chi connectivity index (χ1n) is 16.4. The number of esters is 1. The Kier molecular flexibility index (Phi) is 12.7. The van der Waals surface area contributed by atoms with E-state index in [1.807, 2.05) is 55.1 Å². The third kappa shape index (κ3) is 8.56. The lowest BCUT2D eigenvalue weighted by Crippen LogP contribution is -2.51. The number of nitrogens with one attached hydrogen (secondary N) is 2. The Morgan fingerprint density at radius 3 is 2.47 bits per heavy atom. The summed E-state index contributed by atoms with van der Waals surface area (Å²) in [7, 11) is 1.67. The first kappa shape index (κ1) is 34.3. The van der Waals surface area contributed by atoms with Gasteiger partial charge < -0.3 is 29.7 Å². The van der Waals surface area contributed by atoms with Crippen molar-refractivity contribution in [2.24, 2.45) is 0 Å². The minimum absolute atomic E-state index is 0.00864. The van der Waals surface area contributed by atoms with Crippen molar-refractivity contribution in [1.29, 1.82) is 0 Å². The second-order valence-electron chi connectivity index (χ2n) is 12.2. The lowest BCUT2D eigenvalue weighted by Gasteiger charge is -2.38. The van der Waals surface area contributed by atoms with Gasteiger partial charge >= 0.3 is 5.97 Å². The highest BCUT2D eigenvalue weighted by Crippen LogP contribution is 2.44. The van der Waals surface area contributed by atoms with Crippen LogP contribution in [0.2, 0.25) is 0 Å². The fourth-order valence-corrected chi connectivity index (χ4v) is 6.57. The van der Waals surface area contributed by atoms with Gasteiger partial charge in [0.25, 0.3) is 5.91 Å². The maximum atomic E-state index is 14.1. The zero-order valence-corrected chi connectivity index (χ0v) is 27.9. The first-order valence-corrected chi connectivity index (χ1v) is 16.4. The molecule has 0 saturated carbocycles. The Balaban J connectivity index is 1.79. The molecule has 8 nitrogen and oxygen atoms in total. The van der Waals surface area contributed by atoms with Gasteiger partial charge in [-0.15, -0.1) is 0 Å². The van der Waals surface area contributed by atoms with Crippen LogP contribution in [0.4, 0.5) is 0 Å². The number of rotatable bonds is 14. The monoisotopic (exact) mass is 617 g/mol. The summed E-state index contributed by atoms with van der Waals surface area (Å²) < 4.78 is 17.3. The van der Waals surface area contributed by atoms with E-state index in [0.29, 0.717) is 36.5 Å². The third-order valence-electron chi connectivity index (χ3n) is 8.70. The van der Waals surface area contributed by atoms with E-state index in [1.54, 1.807) is 7.11 Å². The summed E-state index contributed by atoms with van der Waals surface area (Å²) in [5.41, 5.74) is 6.12. The molecule has 4 rings (SSSR count). The van der Waals surface area contributed by atoms with Crippen molar-refractivity contribution in [2.45, 2.75) is 84.7 Å². The molecule has 2 aromatic carbocycles. The molecule has 0 radical (unpaired) electrons. The van der Waals surface area contributed by atoms with Crippen LogP contribution in [0, 0.1) is 0 Å². The molecule has 0 aromatic heterocycles. The number of hydrogen-bond acceptors (Lipinski definition) is 7. The number of aryl methyl sites for hydroxylation is 1. The van der Waals surface area contributed by atoms with Crippen molar-refractivity contribution in [3.05, 3.63) is 87.8 Å². The number of carbonyl (C=O) groups is 2. The van der Waals surface area contributed by atoms with Crippen LogP contribution in [0.15, 0.2) is 71.1 Å². The smallest absolute Gasteiger partial charge is 0.336 e. The number of dihydropyridines is 1. The summed E-state index contributed by atoms with van der Waals surface area (Å²) in [6.45, 7) is 13.0. The largest absolute Gasteiger partial charge is 0.493 e. The van der Waals surface area contributed by atoms with Gasteiger partial charge in [-0.05, 0) is 90.1 Å². The van der Waals surface area contributed by atoms with Gasteiger partial charge in [0.1, 0.15) is 5.75 Å². The van der Waals surface area contributed by atoms with Crippen LogP contribution < -0.4 is 15.4 Å². The van der Waals surface area contributed by atoms with Crippen molar-refractivity contribution in [2.75, 3.05) is 40.0 Å². The number of carbonyl (C=O) groups excluding carboxylic acids is 2. The molecule has 0 spiro atoms. The van der Waals surface area contributed by atoms with Crippen LogP contribution in [0.1, 0.15) is 87.7 Å². The minimum atomic E-state index is -0.390. The first-order chi connectivity index (χ1) is 21.8. The highest BCUT2D eigenvalue weighted by Gasteiger charge is 2.36. The maximum absolute atomic E-state index is 14.1. The molecule has 2 aliphatic rings. The zero-order chi connectivity index (χ0) is 32.3. The Hall–Kier alpha value is -3.62. The molecule has 1 amide bonds. The van der Waals surface area contributed by atoms with Crippen LogP contribution >= 0.6 is 0 Å². The second-order valence-corrected chi connectivity index (χ2v) is 12.2. The number of allylic oxidation sites excluding steroid dienone is 3. The van der Waals surface area contributed by atoms with E-state index in [-0.39, 0.29) is 36.5 Å². The SMILES string of the molecule is CCOC(=O)C1=C(C)NC(C)=C(CCc2ccccc2)C1c1ccc(C(=O)N(C(C)C)[C@@H]2CCCNC2)cc1OCCCOC. The molecule has 1 fully saturated rings. The molecule has 2 aromatic rings. The van der Waals surface area contributed by atoms with E-state index in [1.165, 1.54) is 5.56 Å². The molecule has 2 heterocycles. The fourth-order valence-electron chi connectivity index (χ4n) is 6.57. The molecule has 2 atom stereocenters.